The molecule has 0 aliphatic carbocycles. The molecule has 0 rings (SSSR count). The maximum Gasteiger partial charge on any atom is 0.327 e. The van der Waals surface area contributed by atoms with E-state index in [-0.39, 0.29) is 11.5 Å². The fourth-order valence-electron chi connectivity index (χ4n) is 0.800. The Balaban J connectivity index is 3.99. The number of carbonyl (C=O) groups excluding carboxylic acids is 2. The summed E-state index contributed by atoms with van der Waals surface area (Å²) in [4.78, 5) is 31.8. The van der Waals surface area contributed by atoms with E-state index >= 15 is 0 Å². The smallest absolute Gasteiger partial charge is 0.327 e. The lowest BCUT2D eigenvalue weighted by Gasteiger charge is -2.13. The van der Waals surface area contributed by atoms with Crippen LogP contribution in [0, 0.1) is 0 Å². The zero-order chi connectivity index (χ0) is 12.7. The molecule has 0 radical (unpaired) electrons. The van der Waals surface area contributed by atoms with Gasteiger partial charge >= 0.3 is 5.97 Å². The standard InChI is InChI=1S/C8H14N2O5S/c1-4(11)10-5(8(14)15)2-16-3-6(12)7(9)13/h5-6,12H,2-3H2,1H3,(H2,9,13)(H,10,11)(H,14,15)/t5-,6?/m1/s1. The first-order valence-corrected chi connectivity index (χ1v) is 5.55. The summed E-state index contributed by atoms with van der Waals surface area (Å²) in [5, 5.41) is 20.0. The first-order chi connectivity index (χ1) is 7.34. The molecule has 2 amide bonds. The van der Waals surface area contributed by atoms with Crippen LogP contribution in [-0.2, 0) is 14.4 Å². The van der Waals surface area contributed by atoms with Gasteiger partial charge in [0.15, 0.2) is 0 Å². The van der Waals surface area contributed by atoms with Gasteiger partial charge in [-0.25, -0.2) is 4.79 Å². The second-order valence-corrected chi connectivity index (χ2v) is 4.12. The van der Waals surface area contributed by atoms with Crippen molar-refractivity contribution < 1.29 is 24.6 Å². The first kappa shape index (κ1) is 14.7. The van der Waals surface area contributed by atoms with Crippen molar-refractivity contribution >= 4 is 29.5 Å². The SMILES string of the molecule is CC(=O)N[C@H](CSCC(O)C(N)=O)C(=O)O. The van der Waals surface area contributed by atoms with Gasteiger partial charge in [0.1, 0.15) is 12.1 Å². The molecule has 0 spiro atoms. The Kier molecular flexibility index (Phi) is 6.50. The Morgan fingerprint density at radius 1 is 1.38 bits per heavy atom. The Hall–Kier alpha value is -1.28. The minimum absolute atomic E-state index is 0.00129. The van der Waals surface area contributed by atoms with E-state index in [1.807, 2.05) is 0 Å². The van der Waals surface area contributed by atoms with Gasteiger partial charge in [-0.1, -0.05) is 0 Å². The average molecular weight is 250 g/mol. The van der Waals surface area contributed by atoms with Crippen molar-refractivity contribution in [3.05, 3.63) is 0 Å². The molecule has 0 aromatic carbocycles. The van der Waals surface area contributed by atoms with Crippen LogP contribution < -0.4 is 11.1 Å². The van der Waals surface area contributed by atoms with E-state index in [1.165, 1.54) is 6.92 Å². The summed E-state index contributed by atoms with van der Waals surface area (Å²) >= 11 is 1.02. The second-order valence-electron chi connectivity index (χ2n) is 3.05. The number of carboxylic acid groups (broad SMARTS) is 1. The van der Waals surface area contributed by atoms with Crippen LogP contribution in [0.3, 0.4) is 0 Å². The molecule has 5 N–H and O–H groups in total. The van der Waals surface area contributed by atoms with Gasteiger partial charge in [0.2, 0.25) is 11.8 Å². The topological polar surface area (TPSA) is 130 Å². The molecule has 0 aliphatic rings. The maximum absolute atomic E-state index is 10.7. The van der Waals surface area contributed by atoms with Crippen molar-refractivity contribution in [3.8, 4) is 0 Å². The number of thioether (sulfide) groups is 1. The highest BCUT2D eigenvalue weighted by Crippen LogP contribution is 2.05. The van der Waals surface area contributed by atoms with E-state index in [0.29, 0.717) is 0 Å². The Labute approximate surface area is 96.4 Å². The fraction of sp³-hybridized carbons (Fsp3) is 0.625. The number of rotatable bonds is 7. The lowest BCUT2D eigenvalue weighted by Crippen LogP contribution is -2.42. The zero-order valence-corrected chi connectivity index (χ0v) is 9.49. The summed E-state index contributed by atoms with van der Waals surface area (Å²) in [6, 6.07) is -1.04. The monoisotopic (exact) mass is 250 g/mol. The number of nitrogens with one attached hydrogen (secondary N) is 1. The van der Waals surface area contributed by atoms with Crippen molar-refractivity contribution in [1.82, 2.24) is 5.32 Å². The summed E-state index contributed by atoms with van der Waals surface area (Å²) in [6.45, 7) is 1.21. The van der Waals surface area contributed by atoms with Crippen LogP contribution in [0.1, 0.15) is 6.92 Å². The molecule has 92 valence electrons. The zero-order valence-electron chi connectivity index (χ0n) is 8.67. The Morgan fingerprint density at radius 2 is 1.94 bits per heavy atom. The third-order valence-electron chi connectivity index (χ3n) is 1.56. The fourth-order valence-corrected chi connectivity index (χ4v) is 1.78. The van der Waals surface area contributed by atoms with E-state index in [0.717, 1.165) is 11.8 Å². The molecule has 0 bridgehead atoms. The first-order valence-electron chi connectivity index (χ1n) is 4.39. The van der Waals surface area contributed by atoms with Gasteiger partial charge in [0.25, 0.3) is 0 Å². The molecule has 1 unspecified atom stereocenters. The van der Waals surface area contributed by atoms with Crippen molar-refractivity contribution in [2.24, 2.45) is 5.73 Å². The molecule has 7 nitrogen and oxygen atoms in total. The predicted molar refractivity (Wildman–Crippen MR) is 57.8 cm³/mol. The van der Waals surface area contributed by atoms with Crippen LogP contribution in [0.2, 0.25) is 0 Å². The maximum atomic E-state index is 10.7. The van der Waals surface area contributed by atoms with Crippen molar-refractivity contribution in [3.63, 3.8) is 0 Å². The third-order valence-corrected chi connectivity index (χ3v) is 2.68. The number of hydrogen-bond donors (Lipinski definition) is 4. The highest BCUT2D eigenvalue weighted by atomic mass is 32.2. The number of aliphatic hydroxyl groups is 1. The Bertz CT molecular complexity index is 284. The number of carbonyl (C=O) groups is 3. The summed E-state index contributed by atoms with van der Waals surface area (Å²) in [5.41, 5.74) is 4.81. The van der Waals surface area contributed by atoms with E-state index in [4.69, 9.17) is 15.9 Å². The van der Waals surface area contributed by atoms with Crippen LogP contribution in [0.25, 0.3) is 0 Å². The number of nitrogens with two attached hydrogens (primary N) is 1. The van der Waals surface area contributed by atoms with Crippen LogP contribution in [0.15, 0.2) is 0 Å². The van der Waals surface area contributed by atoms with E-state index in [1.54, 1.807) is 0 Å². The van der Waals surface area contributed by atoms with Crippen molar-refractivity contribution in [2.45, 2.75) is 19.1 Å². The average Bonchev–Trinajstić information content (AvgIpc) is 2.14. The summed E-state index contributed by atoms with van der Waals surface area (Å²) in [5.74, 6) is -2.43. The quantitative estimate of drug-likeness (QED) is 0.420. The largest absolute Gasteiger partial charge is 0.480 e. The predicted octanol–water partition coefficient (Wildman–Crippen LogP) is -1.84. The van der Waals surface area contributed by atoms with Crippen LogP contribution in [0.4, 0.5) is 0 Å². The lowest BCUT2D eigenvalue weighted by molar-refractivity contribution is -0.140. The summed E-state index contributed by atoms with van der Waals surface area (Å²) < 4.78 is 0. The molecule has 0 aromatic heterocycles. The molecule has 0 fully saturated rings. The number of hydrogen-bond acceptors (Lipinski definition) is 5. The lowest BCUT2D eigenvalue weighted by atomic mass is 10.3. The van der Waals surface area contributed by atoms with E-state index < -0.39 is 29.9 Å². The van der Waals surface area contributed by atoms with Crippen LogP contribution >= 0.6 is 11.8 Å². The molecule has 8 heteroatoms. The summed E-state index contributed by atoms with van der Waals surface area (Å²) in [7, 11) is 0. The minimum atomic E-state index is -1.31. The molecule has 0 aliphatic heterocycles. The molecule has 0 saturated carbocycles. The molecule has 0 aromatic rings. The van der Waals surface area contributed by atoms with Gasteiger partial charge in [-0.2, -0.15) is 11.8 Å². The molecular formula is C8H14N2O5S. The molecule has 2 atom stereocenters. The van der Waals surface area contributed by atoms with Crippen LogP contribution in [0.5, 0.6) is 0 Å². The summed E-state index contributed by atoms with van der Waals surface area (Å²) in [6.07, 6.45) is -1.31. The third kappa shape index (κ3) is 6.25. The molecule has 16 heavy (non-hydrogen) atoms. The van der Waals surface area contributed by atoms with Crippen molar-refractivity contribution in [2.75, 3.05) is 11.5 Å². The van der Waals surface area contributed by atoms with Gasteiger partial charge in [-0.15, -0.1) is 0 Å². The van der Waals surface area contributed by atoms with Gasteiger partial charge in [-0.3, -0.25) is 9.59 Å². The van der Waals surface area contributed by atoms with E-state index in [9.17, 15) is 14.4 Å². The van der Waals surface area contributed by atoms with Crippen LogP contribution in [-0.4, -0.2) is 51.6 Å². The second kappa shape index (κ2) is 7.07. The van der Waals surface area contributed by atoms with Gasteiger partial charge in [0, 0.05) is 18.4 Å². The molecular weight excluding hydrogens is 236 g/mol. The molecule has 0 saturated heterocycles. The van der Waals surface area contributed by atoms with Gasteiger partial charge < -0.3 is 21.3 Å². The van der Waals surface area contributed by atoms with Gasteiger partial charge in [-0.05, 0) is 0 Å². The normalized spacial score (nSPS) is 13.9. The van der Waals surface area contributed by atoms with Crippen molar-refractivity contribution in [1.29, 1.82) is 0 Å². The molecule has 0 heterocycles. The van der Waals surface area contributed by atoms with E-state index in [2.05, 4.69) is 5.32 Å². The number of primary amides is 1. The highest BCUT2D eigenvalue weighted by molar-refractivity contribution is 7.99. The highest BCUT2D eigenvalue weighted by Gasteiger charge is 2.19. The number of aliphatic hydroxyl groups excluding tert-OH is 1. The Morgan fingerprint density at radius 3 is 2.31 bits per heavy atom. The minimum Gasteiger partial charge on any atom is -0.480 e. The number of carboxylic acids is 1. The van der Waals surface area contributed by atoms with Gasteiger partial charge in [0.05, 0.1) is 0 Å². The number of aliphatic carboxylic acids is 1. The number of amides is 2.